The van der Waals surface area contributed by atoms with Crippen LogP contribution in [0.4, 0.5) is 19.0 Å². The maximum atomic E-state index is 12.7. The van der Waals surface area contributed by atoms with E-state index in [0.717, 1.165) is 12.3 Å². The summed E-state index contributed by atoms with van der Waals surface area (Å²) in [6.07, 6.45) is -2.84. The number of hydrogen-bond acceptors (Lipinski definition) is 5. The van der Waals surface area contributed by atoms with Crippen LogP contribution in [0, 0.1) is 0 Å². The van der Waals surface area contributed by atoms with Crippen molar-refractivity contribution in [2.24, 2.45) is 5.84 Å². The lowest BCUT2D eigenvalue weighted by Crippen LogP contribution is -2.55. The monoisotopic (exact) mass is 288 g/mol. The van der Waals surface area contributed by atoms with Crippen LogP contribution in [0.1, 0.15) is 12.0 Å². The molecule has 1 saturated heterocycles. The van der Waals surface area contributed by atoms with E-state index >= 15 is 0 Å². The summed E-state index contributed by atoms with van der Waals surface area (Å²) < 4.78 is 43.6. The first kappa shape index (κ1) is 13.4. The van der Waals surface area contributed by atoms with Crippen molar-refractivity contribution in [1.29, 1.82) is 0 Å². The molecule has 0 spiro atoms. The number of hydrazine groups is 1. The van der Waals surface area contributed by atoms with Gasteiger partial charge >= 0.3 is 6.18 Å². The number of hydrogen-bond donors (Lipinski definition) is 1. The van der Waals surface area contributed by atoms with E-state index in [1.807, 2.05) is 4.90 Å². The number of rotatable bonds is 0. The van der Waals surface area contributed by atoms with Crippen molar-refractivity contribution >= 4 is 5.82 Å². The number of piperazine rings is 1. The number of fused-ring (bicyclic) bond motifs is 3. The third-order valence-electron chi connectivity index (χ3n) is 3.66. The Bertz CT molecular complexity index is 508. The highest BCUT2D eigenvalue weighted by atomic mass is 19.4. The van der Waals surface area contributed by atoms with Crippen LogP contribution in [-0.2, 0) is 6.18 Å². The maximum absolute atomic E-state index is 12.7. The fraction of sp³-hybridized carbons (Fsp3) is 0.583. The molecule has 1 aromatic heterocycles. The fourth-order valence-electron chi connectivity index (χ4n) is 2.62. The van der Waals surface area contributed by atoms with Gasteiger partial charge in [0.2, 0.25) is 0 Å². The van der Waals surface area contributed by atoms with Crippen LogP contribution in [-0.4, -0.2) is 42.3 Å². The van der Waals surface area contributed by atoms with Crippen LogP contribution in [0.25, 0.3) is 0 Å². The molecule has 2 aliphatic rings. The lowest BCUT2D eigenvalue weighted by molar-refractivity contribution is -0.137. The summed E-state index contributed by atoms with van der Waals surface area (Å²) in [6, 6.07) is 1.15. The van der Waals surface area contributed by atoms with E-state index in [-0.39, 0.29) is 11.8 Å². The number of alkyl halides is 3. The SMILES string of the molecule is NN1CCN2c3ncc(C(F)(F)F)cc3OCCC2C1. The van der Waals surface area contributed by atoms with Crippen molar-refractivity contribution in [2.45, 2.75) is 18.6 Å². The Kier molecular flexibility index (Phi) is 3.21. The van der Waals surface area contributed by atoms with E-state index in [1.54, 1.807) is 5.01 Å². The number of ether oxygens (including phenoxy) is 1. The second-order valence-corrected chi connectivity index (χ2v) is 5.02. The van der Waals surface area contributed by atoms with E-state index in [2.05, 4.69) is 4.98 Å². The predicted octanol–water partition coefficient (Wildman–Crippen LogP) is 1.25. The Hall–Kier alpha value is -1.54. The highest BCUT2D eigenvalue weighted by molar-refractivity contribution is 5.55. The minimum atomic E-state index is -4.41. The van der Waals surface area contributed by atoms with Gasteiger partial charge in [0, 0.05) is 38.3 Å². The zero-order valence-corrected chi connectivity index (χ0v) is 10.7. The zero-order valence-electron chi connectivity index (χ0n) is 10.7. The minimum absolute atomic E-state index is 0.124. The standard InChI is InChI=1S/C12H15F3N4O/c13-12(14,15)8-5-10-11(17-6-8)19-3-2-18(16)7-9(19)1-4-20-10/h5-6,9H,1-4,7,16H2. The van der Waals surface area contributed by atoms with Crippen LogP contribution in [0.15, 0.2) is 12.3 Å². The molecule has 1 aromatic rings. The molecule has 2 aliphatic heterocycles. The number of aromatic nitrogens is 1. The Morgan fingerprint density at radius 1 is 1.35 bits per heavy atom. The number of anilines is 1. The van der Waals surface area contributed by atoms with Gasteiger partial charge in [-0.1, -0.05) is 0 Å². The van der Waals surface area contributed by atoms with Crippen molar-refractivity contribution in [3.8, 4) is 5.75 Å². The summed E-state index contributed by atoms with van der Waals surface area (Å²) in [5, 5.41) is 1.72. The van der Waals surface area contributed by atoms with Crippen LogP contribution < -0.4 is 15.5 Å². The van der Waals surface area contributed by atoms with E-state index < -0.39 is 11.7 Å². The van der Waals surface area contributed by atoms with Gasteiger partial charge in [-0.05, 0) is 6.07 Å². The third kappa shape index (κ3) is 2.40. The molecule has 0 saturated carbocycles. The van der Waals surface area contributed by atoms with E-state index in [4.69, 9.17) is 10.6 Å². The van der Waals surface area contributed by atoms with Crippen molar-refractivity contribution < 1.29 is 17.9 Å². The smallest absolute Gasteiger partial charge is 0.418 e. The summed E-state index contributed by atoms with van der Waals surface area (Å²) in [5.74, 6) is 6.47. The van der Waals surface area contributed by atoms with Crippen LogP contribution in [0.3, 0.4) is 0 Å². The average molecular weight is 288 g/mol. The molecule has 0 amide bonds. The fourth-order valence-corrected chi connectivity index (χ4v) is 2.62. The summed E-state index contributed by atoms with van der Waals surface area (Å²) in [4.78, 5) is 5.97. The molecular weight excluding hydrogens is 273 g/mol. The highest BCUT2D eigenvalue weighted by Gasteiger charge is 2.35. The van der Waals surface area contributed by atoms with Crippen molar-refractivity contribution in [2.75, 3.05) is 31.1 Å². The molecule has 0 aliphatic carbocycles. The van der Waals surface area contributed by atoms with Crippen molar-refractivity contribution in [1.82, 2.24) is 9.99 Å². The second kappa shape index (κ2) is 4.78. The van der Waals surface area contributed by atoms with Crippen LogP contribution in [0.5, 0.6) is 5.75 Å². The van der Waals surface area contributed by atoms with Crippen LogP contribution >= 0.6 is 0 Å². The van der Waals surface area contributed by atoms with Gasteiger partial charge in [0.15, 0.2) is 11.6 Å². The molecule has 3 rings (SSSR count). The molecule has 3 heterocycles. The van der Waals surface area contributed by atoms with Gasteiger partial charge in [0.25, 0.3) is 0 Å². The van der Waals surface area contributed by atoms with E-state index in [1.165, 1.54) is 0 Å². The molecule has 8 heteroatoms. The Morgan fingerprint density at radius 3 is 2.90 bits per heavy atom. The van der Waals surface area contributed by atoms with Gasteiger partial charge in [-0.3, -0.25) is 5.84 Å². The average Bonchev–Trinajstić information content (AvgIpc) is 2.55. The number of nitrogens with two attached hydrogens (primary N) is 1. The Labute approximate surface area is 114 Å². The second-order valence-electron chi connectivity index (χ2n) is 5.02. The summed E-state index contributed by atoms with van der Waals surface area (Å²) in [5.41, 5.74) is -0.785. The quantitative estimate of drug-likeness (QED) is 0.728. The third-order valence-corrected chi connectivity index (χ3v) is 3.66. The predicted molar refractivity (Wildman–Crippen MR) is 66.2 cm³/mol. The first-order valence-corrected chi connectivity index (χ1v) is 6.41. The van der Waals surface area contributed by atoms with E-state index in [9.17, 15) is 13.2 Å². The molecule has 2 N–H and O–H groups in total. The molecule has 5 nitrogen and oxygen atoms in total. The molecule has 0 radical (unpaired) electrons. The molecule has 110 valence electrons. The first-order chi connectivity index (χ1) is 9.45. The topological polar surface area (TPSA) is 54.6 Å². The van der Waals surface area contributed by atoms with Crippen molar-refractivity contribution in [3.05, 3.63) is 17.8 Å². The molecule has 0 bridgehead atoms. The maximum Gasteiger partial charge on any atom is 0.418 e. The summed E-state index contributed by atoms with van der Waals surface area (Å²) in [7, 11) is 0. The van der Waals surface area contributed by atoms with Crippen LogP contribution in [0.2, 0.25) is 0 Å². The molecule has 1 fully saturated rings. The number of pyridine rings is 1. The van der Waals surface area contributed by atoms with Gasteiger partial charge in [0.05, 0.1) is 12.2 Å². The lowest BCUT2D eigenvalue weighted by atomic mass is 10.1. The Balaban J connectivity index is 1.96. The van der Waals surface area contributed by atoms with Crippen molar-refractivity contribution in [3.63, 3.8) is 0 Å². The molecule has 1 atom stereocenters. The highest BCUT2D eigenvalue weighted by Crippen LogP contribution is 2.37. The first-order valence-electron chi connectivity index (χ1n) is 6.41. The lowest BCUT2D eigenvalue weighted by Gasteiger charge is -2.39. The molecule has 1 unspecified atom stereocenters. The van der Waals surface area contributed by atoms with Gasteiger partial charge in [-0.2, -0.15) is 13.2 Å². The van der Waals surface area contributed by atoms with Gasteiger partial charge in [0.1, 0.15) is 0 Å². The summed E-state index contributed by atoms with van der Waals surface area (Å²) >= 11 is 0. The minimum Gasteiger partial charge on any atom is -0.490 e. The van der Waals surface area contributed by atoms with Gasteiger partial charge in [-0.15, -0.1) is 0 Å². The normalized spacial score (nSPS) is 23.6. The largest absolute Gasteiger partial charge is 0.490 e. The molecular formula is C12H15F3N4O. The molecule has 20 heavy (non-hydrogen) atoms. The zero-order chi connectivity index (χ0) is 14.3. The Morgan fingerprint density at radius 2 is 2.15 bits per heavy atom. The summed E-state index contributed by atoms with van der Waals surface area (Å²) in [6.45, 7) is 2.31. The van der Waals surface area contributed by atoms with Gasteiger partial charge in [-0.25, -0.2) is 9.99 Å². The van der Waals surface area contributed by atoms with E-state index in [0.29, 0.717) is 38.5 Å². The number of nitrogens with zero attached hydrogens (tertiary/aromatic N) is 3. The number of halogens is 3. The van der Waals surface area contributed by atoms with Gasteiger partial charge < -0.3 is 9.64 Å². The molecule has 0 aromatic carbocycles.